The number of unbranched alkanes of at least 4 members (excludes halogenated alkanes) is 1. The minimum atomic E-state index is 0.201. The van der Waals surface area contributed by atoms with Crippen molar-refractivity contribution in [2.24, 2.45) is 0 Å². The summed E-state index contributed by atoms with van der Waals surface area (Å²) in [5.41, 5.74) is 0. The second kappa shape index (κ2) is 7.85. The van der Waals surface area contributed by atoms with Gasteiger partial charge in [0.2, 0.25) is 5.91 Å². The highest BCUT2D eigenvalue weighted by molar-refractivity contribution is 5.78. The average molecular weight is 267 g/mol. The molecule has 0 aromatic carbocycles. The maximum absolute atomic E-state index is 11.9. The summed E-state index contributed by atoms with van der Waals surface area (Å²) in [6.07, 6.45) is 8.68. The molecular weight excluding hydrogens is 238 g/mol. The smallest absolute Gasteiger partial charge is 0.234 e. The standard InChI is InChI=1S/C15H29N3O/c1-2-3-9-16-15(19)12-18-10-5-4-6-14(18)11-17-13-7-8-13/h13-14,17H,2-12H2,1H3,(H,16,19). The third-order valence-corrected chi connectivity index (χ3v) is 4.17. The predicted octanol–water partition coefficient (Wildman–Crippen LogP) is 1.51. The lowest BCUT2D eigenvalue weighted by atomic mass is 10.0. The first-order chi connectivity index (χ1) is 9.29. The van der Waals surface area contributed by atoms with Gasteiger partial charge in [-0.15, -0.1) is 0 Å². The number of hydrogen-bond acceptors (Lipinski definition) is 3. The molecule has 1 heterocycles. The van der Waals surface area contributed by atoms with Crippen molar-refractivity contribution in [3.8, 4) is 0 Å². The van der Waals surface area contributed by atoms with E-state index in [4.69, 9.17) is 0 Å². The summed E-state index contributed by atoms with van der Waals surface area (Å²) in [6.45, 7) is 5.70. The molecule has 2 N–H and O–H groups in total. The Bertz CT molecular complexity index is 279. The second-order valence-corrected chi connectivity index (χ2v) is 6.01. The number of piperidine rings is 1. The van der Waals surface area contributed by atoms with Crippen molar-refractivity contribution < 1.29 is 4.79 Å². The van der Waals surface area contributed by atoms with E-state index in [1.807, 2.05) is 0 Å². The molecule has 19 heavy (non-hydrogen) atoms. The first-order valence-electron chi connectivity index (χ1n) is 8.03. The lowest BCUT2D eigenvalue weighted by molar-refractivity contribution is -0.123. The van der Waals surface area contributed by atoms with Crippen molar-refractivity contribution in [3.05, 3.63) is 0 Å². The van der Waals surface area contributed by atoms with Crippen molar-refractivity contribution >= 4 is 5.91 Å². The van der Waals surface area contributed by atoms with Gasteiger partial charge in [-0.3, -0.25) is 9.69 Å². The molecule has 1 aliphatic heterocycles. The SMILES string of the molecule is CCCCNC(=O)CN1CCCCC1CNC1CC1. The molecule has 2 fully saturated rings. The van der Waals surface area contributed by atoms with Crippen molar-refractivity contribution in [1.82, 2.24) is 15.5 Å². The van der Waals surface area contributed by atoms with Crippen molar-refractivity contribution in [1.29, 1.82) is 0 Å². The molecular formula is C15H29N3O. The number of nitrogens with zero attached hydrogens (tertiary/aromatic N) is 1. The first kappa shape index (κ1) is 14.8. The van der Waals surface area contributed by atoms with Crippen LogP contribution in [-0.4, -0.2) is 49.1 Å². The zero-order chi connectivity index (χ0) is 13.5. The Morgan fingerprint density at radius 1 is 1.26 bits per heavy atom. The topological polar surface area (TPSA) is 44.4 Å². The fraction of sp³-hybridized carbons (Fsp3) is 0.933. The lowest BCUT2D eigenvalue weighted by Gasteiger charge is -2.35. The summed E-state index contributed by atoms with van der Waals surface area (Å²) in [6, 6.07) is 1.33. The third kappa shape index (κ3) is 5.49. The van der Waals surface area contributed by atoms with Crippen LogP contribution in [0.4, 0.5) is 0 Å². The molecule has 1 unspecified atom stereocenters. The van der Waals surface area contributed by atoms with Gasteiger partial charge in [0.05, 0.1) is 6.54 Å². The van der Waals surface area contributed by atoms with E-state index in [2.05, 4.69) is 22.5 Å². The van der Waals surface area contributed by atoms with E-state index in [-0.39, 0.29) is 5.91 Å². The summed E-state index contributed by atoms with van der Waals surface area (Å²) >= 11 is 0. The molecule has 4 nitrogen and oxygen atoms in total. The van der Waals surface area contributed by atoms with Gasteiger partial charge in [0.25, 0.3) is 0 Å². The van der Waals surface area contributed by atoms with E-state index < -0.39 is 0 Å². The van der Waals surface area contributed by atoms with Gasteiger partial charge in [0, 0.05) is 25.2 Å². The van der Waals surface area contributed by atoms with Gasteiger partial charge in [-0.2, -0.15) is 0 Å². The molecule has 1 saturated heterocycles. The summed E-state index contributed by atoms with van der Waals surface area (Å²) < 4.78 is 0. The molecule has 110 valence electrons. The van der Waals surface area contributed by atoms with Crippen LogP contribution in [0.5, 0.6) is 0 Å². The Balaban J connectivity index is 1.69. The fourth-order valence-corrected chi connectivity index (χ4v) is 2.73. The summed E-state index contributed by atoms with van der Waals surface area (Å²) in [5.74, 6) is 0.201. The molecule has 2 aliphatic rings. The molecule has 1 aliphatic carbocycles. The van der Waals surface area contributed by atoms with Gasteiger partial charge in [0.1, 0.15) is 0 Å². The van der Waals surface area contributed by atoms with Crippen LogP contribution >= 0.6 is 0 Å². The van der Waals surface area contributed by atoms with Crippen LogP contribution in [-0.2, 0) is 4.79 Å². The molecule has 2 rings (SSSR count). The Kier molecular flexibility index (Phi) is 6.11. The molecule has 1 amide bonds. The number of amides is 1. The summed E-state index contributed by atoms with van der Waals surface area (Å²) in [4.78, 5) is 14.3. The lowest BCUT2D eigenvalue weighted by Crippen LogP contribution is -2.49. The highest BCUT2D eigenvalue weighted by Gasteiger charge is 2.27. The number of nitrogens with one attached hydrogen (secondary N) is 2. The fourth-order valence-electron chi connectivity index (χ4n) is 2.73. The zero-order valence-corrected chi connectivity index (χ0v) is 12.3. The van der Waals surface area contributed by atoms with Gasteiger partial charge in [0.15, 0.2) is 0 Å². The van der Waals surface area contributed by atoms with Crippen LogP contribution in [0.2, 0.25) is 0 Å². The van der Waals surface area contributed by atoms with E-state index >= 15 is 0 Å². The minimum absolute atomic E-state index is 0.201. The Morgan fingerprint density at radius 3 is 2.84 bits per heavy atom. The van der Waals surface area contributed by atoms with E-state index in [1.54, 1.807) is 0 Å². The van der Waals surface area contributed by atoms with Crippen LogP contribution < -0.4 is 10.6 Å². The number of hydrogen-bond donors (Lipinski definition) is 2. The average Bonchev–Trinajstić information content (AvgIpc) is 3.22. The van der Waals surface area contributed by atoms with Crippen LogP contribution in [0, 0.1) is 0 Å². The van der Waals surface area contributed by atoms with Gasteiger partial charge in [-0.25, -0.2) is 0 Å². The zero-order valence-electron chi connectivity index (χ0n) is 12.3. The molecule has 1 saturated carbocycles. The van der Waals surface area contributed by atoms with Crippen molar-refractivity contribution in [2.75, 3.05) is 26.2 Å². The largest absolute Gasteiger partial charge is 0.355 e. The molecule has 0 aromatic rings. The van der Waals surface area contributed by atoms with Crippen LogP contribution in [0.1, 0.15) is 51.9 Å². The Hall–Kier alpha value is -0.610. The van der Waals surface area contributed by atoms with Gasteiger partial charge in [-0.05, 0) is 38.6 Å². The van der Waals surface area contributed by atoms with E-state index in [0.717, 1.165) is 38.5 Å². The number of carbonyl (C=O) groups is 1. The number of carbonyl (C=O) groups excluding carboxylic acids is 1. The molecule has 4 heteroatoms. The summed E-state index contributed by atoms with van der Waals surface area (Å²) in [5, 5.41) is 6.64. The van der Waals surface area contributed by atoms with Crippen molar-refractivity contribution in [3.63, 3.8) is 0 Å². The minimum Gasteiger partial charge on any atom is -0.355 e. The molecule has 0 radical (unpaired) electrons. The van der Waals surface area contributed by atoms with Crippen LogP contribution in [0.25, 0.3) is 0 Å². The monoisotopic (exact) mass is 267 g/mol. The number of rotatable bonds is 8. The van der Waals surface area contributed by atoms with E-state index in [9.17, 15) is 4.79 Å². The van der Waals surface area contributed by atoms with Gasteiger partial charge >= 0.3 is 0 Å². The normalized spacial score (nSPS) is 24.4. The highest BCUT2D eigenvalue weighted by atomic mass is 16.2. The molecule has 0 spiro atoms. The maximum atomic E-state index is 11.9. The second-order valence-electron chi connectivity index (χ2n) is 6.01. The van der Waals surface area contributed by atoms with E-state index in [1.165, 1.54) is 32.1 Å². The predicted molar refractivity (Wildman–Crippen MR) is 78.2 cm³/mol. The Morgan fingerprint density at radius 2 is 2.11 bits per heavy atom. The van der Waals surface area contributed by atoms with Gasteiger partial charge in [-0.1, -0.05) is 19.8 Å². The molecule has 1 atom stereocenters. The molecule has 0 aromatic heterocycles. The third-order valence-electron chi connectivity index (χ3n) is 4.17. The quantitative estimate of drug-likeness (QED) is 0.655. The van der Waals surface area contributed by atoms with Crippen molar-refractivity contribution in [2.45, 2.75) is 64.0 Å². The Labute approximate surface area is 117 Å². The summed E-state index contributed by atoms with van der Waals surface area (Å²) in [7, 11) is 0. The first-order valence-corrected chi connectivity index (χ1v) is 8.03. The van der Waals surface area contributed by atoms with Crippen LogP contribution in [0.15, 0.2) is 0 Å². The number of likely N-dealkylation sites (tertiary alicyclic amines) is 1. The highest BCUT2D eigenvalue weighted by Crippen LogP contribution is 2.21. The maximum Gasteiger partial charge on any atom is 0.234 e. The molecule has 0 bridgehead atoms. The van der Waals surface area contributed by atoms with Gasteiger partial charge < -0.3 is 10.6 Å². The van der Waals surface area contributed by atoms with E-state index in [0.29, 0.717) is 12.6 Å². The van der Waals surface area contributed by atoms with Crippen LogP contribution in [0.3, 0.4) is 0 Å².